The van der Waals surface area contributed by atoms with Crippen molar-refractivity contribution in [2.24, 2.45) is 5.73 Å². The van der Waals surface area contributed by atoms with E-state index in [9.17, 15) is 8.78 Å². The Morgan fingerprint density at radius 1 is 0.947 bits per heavy atom. The SMILES string of the molecule is NCC(F)(F)c1ccc(OCc2ccccc2)cc1. The van der Waals surface area contributed by atoms with Gasteiger partial charge in [-0.05, 0) is 29.8 Å². The zero-order chi connectivity index (χ0) is 13.7. The van der Waals surface area contributed by atoms with Gasteiger partial charge in [-0.1, -0.05) is 30.3 Å². The molecule has 19 heavy (non-hydrogen) atoms. The van der Waals surface area contributed by atoms with Crippen molar-refractivity contribution in [2.75, 3.05) is 6.54 Å². The third-order valence-corrected chi connectivity index (χ3v) is 2.78. The van der Waals surface area contributed by atoms with Crippen molar-refractivity contribution in [3.8, 4) is 5.75 Å². The molecule has 2 nitrogen and oxygen atoms in total. The van der Waals surface area contributed by atoms with Crippen molar-refractivity contribution in [2.45, 2.75) is 12.5 Å². The van der Waals surface area contributed by atoms with Crippen molar-refractivity contribution < 1.29 is 13.5 Å². The summed E-state index contributed by atoms with van der Waals surface area (Å²) in [6, 6.07) is 15.4. The lowest BCUT2D eigenvalue weighted by atomic mass is 10.1. The maximum Gasteiger partial charge on any atom is 0.285 e. The van der Waals surface area contributed by atoms with E-state index in [2.05, 4.69) is 0 Å². The Labute approximate surface area is 110 Å². The molecule has 0 bridgehead atoms. The molecular formula is C15H15F2NO. The number of hydrogen-bond acceptors (Lipinski definition) is 2. The van der Waals surface area contributed by atoms with Gasteiger partial charge in [-0.15, -0.1) is 0 Å². The van der Waals surface area contributed by atoms with Crippen LogP contribution < -0.4 is 10.5 Å². The Hall–Kier alpha value is -1.94. The molecule has 2 N–H and O–H groups in total. The zero-order valence-corrected chi connectivity index (χ0v) is 10.4. The molecule has 0 fully saturated rings. The lowest BCUT2D eigenvalue weighted by Gasteiger charge is -2.14. The molecule has 0 saturated carbocycles. The summed E-state index contributed by atoms with van der Waals surface area (Å²) in [5.41, 5.74) is 5.96. The van der Waals surface area contributed by atoms with Crippen LogP contribution in [-0.2, 0) is 12.5 Å². The van der Waals surface area contributed by atoms with Crippen molar-refractivity contribution >= 4 is 0 Å². The van der Waals surface area contributed by atoms with Gasteiger partial charge < -0.3 is 10.5 Å². The highest BCUT2D eigenvalue weighted by molar-refractivity contribution is 5.30. The van der Waals surface area contributed by atoms with Crippen LogP contribution in [-0.4, -0.2) is 6.54 Å². The van der Waals surface area contributed by atoms with E-state index in [1.165, 1.54) is 24.3 Å². The fourth-order valence-electron chi connectivity index (χ4n) is 1.65. The second kappa shape index (κ2) is 5.80. The summed E-state index contributed by atoms with van der Waals surface area (Å²) in [5, 5.41) is 0. The topological polar surface area (TPSA) is 35.2 Å². The van der Waals surface area contributed by atoms with Crippen LogP contribution in [0.1, 0.15) is 11.1 Å². The molecule has 2 rings (SSSR count). The van der Waals surface area contributed by atoms with Crippen LogP contribution in [0.4, 0.5) is 8.78 Å². The monoisotopic (exact) mass is 263 g/mol. The molecule has 0 amide bonds. The number of hydrogen-bond donors (Lipinski definition) is 1. The molecule has 0 radical (unpaired) electrons. The zero-order valence-electron chi connectivity index (χ0n) is 10.4. The Morgan fingerprint density at radius 2 is 1.58 bits per heavy atom. The number of ether oxygens (including phenoxy) is 1. The minimum atomic E-state index is -2.99. The van der Waals surface area contributed by atoms with E-state index in [0.29, 0.717) is 12.4 Å². The third kappa shape index (κ3) is 3.51. The van der Waals surface area contributed by atoms with Crippen molar-refractivity contribution in [1.82, 2.24) is 0 Å². The molecule has 2 aromatic carbocycles. The van der Waals surface area contributed by atoms with Gasteiger partial charge in [-0.3, -0.25) is 0 Å². The Kier molecular flexibility index (Phi) is 4.12. The molecule has 100 valence electrons. The van der Waals surface area contributed by atoms with Crippen LogP contribution in [0.15, 0.2) is 54.6 Å². The summed E-state index contributed by atoms with van der Waals surface area (Å²) in [6.07, 6.45) is 0. The summed E-state index contributed by atoms with van der Waals surface area (Å²) in [4.78, 5) is 0. The van der Waals surface area contributed by atoms with Gasteiger partial charge in [0.15, 0.2) is 0 Å². The molecule has 0 aliphatic carbocycles. The van der Waals surface area contributed by atoms with Gasteiger partial charge in [0.25, 0.3) is 5.92 Å². The van der Waals surface area contributed by atoms with Crippen LogP contribution in [0.25, 0.3) is 0 Å². The number of nitrogens with two attached hydrogens (primary N) is 1. The second-order valence-electron chi connectivity index (χ2n) is 4.21. The van der Waals surface area contributed by atoms with Gasteiger partial charge >= 0.3 is 0 Å². The summed E-state index contributed by atoms with van der Waals surface area (Å²) in [5.74, 6) is -2.43. The van der Waals surface area contributed by atoms with Crippen LogP contribution in [0.5, 0.6) is 5.75 Å². The average molecular weight is 263 g/mol. The van der Waals surface area contributed by atoms with E-state index in [-0.39, 0.29) is 5.56 Å². The fourth-order valence-corrected chi connectivity index (χ4v) is 1.65. The summed E-state index contributed by atoms with van der Waals surface area (Å²) in [7, 11) is 0. The summed E-state index contributed by atoms with van der Waals surface area (Å²) in [6.45, 7) is -0.287. The van der Waals surface area contributed by atoms with E-state index in [1.54, 1.807) is 0 Å². The first kappa shape index (κ1) is 13.5. The van der Waals surface area contributed by atoms with Crippen LogP contribution >= 0.6 is 0 Å². The molecule has 0 aromatic heterocycles. The Bertz CT molecular complexity index is 511. The standard InChI is InChI=1S/C15H15F2NO/c16-15(17,11-18)13-6-8-14(9-7-13)19-10-12-4-2-1-3-5-12/h1-9H,10-11,18H2. The molecule has 4 heteroatoms. The molecule has 0 unspecified atom stereocenters. The Balaban J connectivity index is 2.00. The first-order chi connectivity index (χ1) is 9.12. The second-order valence-corrected chi connectivity index (χ2v) is 4.21. The fraction of sp³-hybridized carbons (Fsp3) is 0.200. The number of halogens is 2. The number of rotatable bonds is 5. The first-order valence-electron chi connectivity index (χ1n) is 5.97. The van der Waals surface area contributed by atoms with E-state index in [0.717, 1.165) is 5.56 Å². The average Bonchev–Trinajstić information content (AvgIpc) is 2.47. The van der Waals surface area contributed by atoms with Gasteiger partial charge in [-0.2, -0.15) is 8.78 Å². The molecule has 0 heterocycles. The Morgan fingerprint density at radius 3 is 2.16 bits per heavy atom. The molecule has 0 atom stereocenters. The molecule has 2 aromatic rings. The largest absolute Gasteiger partial charge is 0.489 e. The van der Waals surface area contributed by atoms with E-state index >= 15 is 0 Å². The van der Waals surface area contributed by atoms with Gasteiger partial charge in [0.2, 0.25) is 0 Å². The van der Waals surface area contributed by atoms with E-state index < -0.39 is 12.5 Å². The van der Waals surface area contributed by atoms with Crippen molar-refractivity contribution in [1.29, 1.82) is 0 Å². The van der Waals surface area contributed by atoms with Crippen molar-refractivity contribution in [3.63, 3.8) is 0 Å². The van der Waals surface area contributed by atoms with Crippen molar-refractivity contribution in [3.05, 3.63) is 65.7 Å². The minimum Gasteiger partial charge on any atom is -0.489 e. The summed E-state index contributed by atoms with van der Waals surface area (Å²) >= 11 is 0. The van der Waals surface area contributed by atoms with Gasteiger partial charge in [0.1, 0.15) is 12.4 Å². The molecule has 0 saturated heterocycles. The molecular weight excluding hydrogens is 248 g/mol. The maximum atomic E-state index is 13.3. The maximum absolute atomic E-state index is 13.3. The number of alkyl halides is 2. The van der Waals surface area contributed by atoms with E-state index in [4.69, 9.17) is 10.5 Å². The molecule has 0 aliphatic heterocycles. The first-order valence-corrected chi connectivity index (χ1v) is 5.97. The predicted octanol–water partition coefficient (Wildman–Crippen LogP) is 3.32. The lowest BCUT2D eigenvalue weighted by molar-refractivity contribution is 0.00591. The lowest BCUT2D eigenvalue weighted by Crippen LogP contribution is -2.24. The van der Waals surface area contributed by atoms with E-state index in [1.807, 2.05) is 30.3 Å². The number of benzene rings is 2. The van der Waals surface area contributed by atoms with Gasteiger partial charge in [0.05, 0.1) is 6.54 Å². The highest BCUT2D eigenvalue weighted by Crippen LogP contribution is 2.28. The van der Waals surface area contributed by atoms with Gasteiger partial charge in [0, 0.05) is 5.56 Å². The minimum absolute atomic E-state index is 0.0953. The molecule has 0 spiro atoms. The predicted molar refractivity (Wildman–Crippen MR) is 70.2 cm³/mol. The molecule has 0 aliphatic rings. The summed E-state index contributed by atoms with van der Waals surface area (Å²) < 4.78 is 32.1. The smallest absolute Gasteiger partial charge is 0.285 e. The van der Waals surface area contributed by atoms with Gasteiger partial charge in [-0.25, -0.2) is 0 Å². The normalized spacial score (nSPS) is 11.3. The highest BCUT2D eigenvalue weighted by Gasteiger charge is 2.29. The van der Waals surface area contributed by atoms with Crippen LogP contribution in [0.3, 0.4) is 0 Å². The highest BCUT2D eigenvalue weighted by atomic mass is 19.3. The quantitative estimate of drug-likeness (QED) is 0.898. The third-order valence-electron chi connectivity index (χ3n) is 2.78. The van der Waals surface area contributed by atoms with Crippen LogP contribution in [0.2, 0.25) is 0 Å². The van der Waals surface area contributed by atoms with Crippen LogP contribution in [0, 0.1) is 0 Å².